The van der Waals surface area contributed by atoms with Crippen molar-refractivity contribution in [1.29, 1.82) is 0 Å². The molecular weight excluding hydrogens is 1050 g/mol. The minimum atomic E-state index is -1.42. The van der Waals surface area contributed by atoms with E-state index in [-0.39, 0.29) is 62.0 Å². The highest BCUT2D eigenvalue weighted by molar-refractivity contribution is 7.80. The quantitative estimate of drug-likeness (QED) is 0.00860. The van der Waals surface area contributed by atoms with Crippen molar-refractivity contribution in [3.8, 4) is 0 Å². The van der Waals surface area contributed by atoms with Crippen LogP contribution in [-0.2, 0) is 62.4 Å². The number of guanidine groups is 1. The summed E-state index contributed by atoms with van der Waals surface area (Å²) in [5.74, 6) is -7.77. The van der Waals surface area contributed by atoms with Crippen molar-refractivity contribution in [3.05, 3.63) is 90.1 Å². The number of rotatable bonds is 30. The van der Waals surface area contributed by atoms with Gasteiger partial charge in [-0.3, -0.25) is 53.0 Å². The minimum Gasteiger partial charge on any atom is -0.370 e. The summed E-state index contributed by atoms with van der Waals surface area (Å²) in [7, 11) is 0. The van der Waals surface area contributed by atoms with Gasteiger partial charge in [-0.2, -0.15) is 25.3 Å². The van der Waals surface area contributed by atoms with Crippen molar-refractivity contribution < 1.29 is 47.9 Å². The van der Waals surface area contributed by atoms with Crippen molar-refractivity contribution in [2.24, 2.45) is 28.1 Å². The Labute approximate surface area is 460 Å². The van der Waals surface area contributed by atoms with Gasteiger partial charge in [-0.25, -0.2) is 9.78 Å². The van der Waals surface area contributed by atoms with Gasteiger partial charge in [-0.1, -0.05) is 62.4 Å². The van der Waals surface area contributed by atoms with E-state index in [1.165, 1.54) is 19.4 Å². The minimum absolute atomic E-state index is 0.0471. The first-order valence-corrected chi connectivity index (χ1v) is 26.3. The summed E-state index contributed by atoms with van der Waals surface area (Å²) < 4.78 is 0. The fourth-order valence-electron chi connectivity index (χ4n) is 8.29. The number of benzene rings is 2. The Hall–Kier alpha value is -8.14. The second-order valence-corrected chi connectivity index (χ2v) is 19.7. The van der Waals surface area contributed by atoms with Gasteiger partial charge in [-0.15, -0.1) is 0 Å². The van der Waals surface area contributed by atoms with Crippen LogP contribution in [-0.4, -0.2) is 158 Å². The maximum absolute atomic E-state index is 14.6. The molecule has 1 aliphatic heterocycles. The maximum Gasteiger partial charge on any atom is 0.325 e. The van der Waals surface area contributed by atoms with Crippen molar-refractivity contribution in [3.63, 3.8) is 0 Å². The fourth-order valence-corrected chi connectivity index (χ4v) is 8.82. The first-order chi connectivity index (χ1) is 37.2. The highest BCUT2D eigenvalue weighted by Gasteiger charge is 2.40. The molecule has 420 valence electrons. The molecule has 0 unspecified atom stereocenters. The summed E-state index contributed by atoms with van der Waals surface area (Å²) in [5, 5.41) is 21.6. The van der Waals surface area contributed by atoms with Crippen LogP contribution in [0.5, 0.6) is 0 Å². The molecule has 5 rings (SSSR count). The third-order valence-electron chi connectivity index (χ3n) is 12.4. The number of hydrogen-bond donors (Lipinski definition) is 15. The zero-order chi connectivity index (χ0) is 57.1. The average Bonchev–Trinajstić information content (AvgIpc) is 4.14. The van der Waals surface area contributed by atoms with E-state index < -0.39 is 114 Å². The van der Waals surface area contributed by atoms with Gasteiger partial charge in [0.05, 0.1) is 6.33 Å². The Bertz CT molecular complexity index is 2790. The predicted molar refractivity (Wildman–Crippen MR) is 294 cm³/mol. The van der Waals surface area contributed by atoms with Gasteiger partial charge < -0.3 is 69.7 Å². The van der Waals surface area contributed by atoms with Gasteiger partial charge in [0, 0.05) is 66.3 Å². The van der Waals surface area contributed by atoms with Crippen LogP contribution in [0.3, 0.4) is 0 Å². The lowest BCUT2D eigenvalue weighted by molar-refractivity contribution is -0.135. The number of nitrogens with one attached hydrogen (secondary N) is 10. The van der Waals surface area contributed by atoms with Gasteiger partial charge in [0.15, 0.2) is 5.96 Å². The number of fused-ring (bicyclic) bond motifs is 1. The van der Waals surface area contributed by atoms with E-state index in [4.69, 9.17) is 17.2 Å². The summed E-state index contributed by atoms with van der Waals surface area (Å²) in [6.07, 6.45) is 4.52. The molecule has 78 heavy (non-hydrogen) atoms. The number of nitrogens with two attached hydrogens (primary N) is 3. The molecule has 0 spiro atoms. The van der Waals surface area contributed by atoms with E-state index >= 15 is 0 Å². The summed E-state index contributed by atoms with van der Waals surface area (Å²) in [4.78, 5) is 150. The molecule has 0 saturated carbocycles. The molecule has 2 aromatic carbocycles. The van der Waals surface area contributed by atoms with E-state index in [2.05, 4.69) is 87.7 Å². The zero-order valence-corrected chi connectivity index (χ0v) is 45.0. The molecule has 16 N–H and O–H groups in total. The molecule has 1 fully saturated rings. The van der Waals surface area contributed by atoms with Crippen molar-refractivity contribution in [1.82, 2.24) is 62.4 Å². The number of nitrogens with zero attached hydrogens (tertiary/aromatic N) is 3. The van der Waals surface area contributed by atoms with Gasteiger partial charge in [0.1, 0.15) is 54.9 Å². The van der Waals surface area contributed by atoms with Crippen LogP contribution in [0.1, 0.15) is 56.9 Å². The first-order valence-electron chi connectivity index (χ1n) is 25.0. The normalized spacial score (nSPS) is 15.8. The van der Waals surface area contributed by atoms with Crippen LogP contribution in [0.4, 0.5) is 4.79 Å². The number of thiol groups is 2. The molecule has 0 aliphatic carbocycles. The van der Waals surface area contributed by atoms with Crippen LogP contribution in [0.25, 0.3) is 10.9 Å². The molecule has 2 aromatic heterocycles. The molecule has 28 heteroatoms. The highest BCUT2D eigenvalue weighted by Crippen LogP contribution is 2.20. The lowest BCUT2D eigenvalue weighted by Crippen LogP contribution is -2.60. The highest BCUT2D eigenvalue weighted by atomic mass is 32.1. The zero-order valence-electron chi connectivity index (χ0n) is 43.2. The summed E-state index contributed by atoms with van der Waals surface area (Å²) in [5.41, 5.74) is 19.0. The standard InChI is InChI=1S/C50H68N16O10S2/c1-26(2)16-37-48(75)66(50(76)65-37)22-40(67)59-39(24-78)47(74)58-27(3)42(69)61-36(19-30-21-54-25-57-30)46(73)62-34(17-28-10-5-4-6-11-28)44(71)60-33(14-9-15-55-49(52)53)43(70)63-35(45(72)64-38(23-77)41(51)68)18-29-20-56-32-13-8-7-12-31(29)32/h4-8,10-13,20-21,25-27,33-39,56,77-78H,9,14-19,22-24H2,1-3H3,(H2,51,68)(H,54,57)(H,58,74)(H,59,67)(H,60,71)(H,61,69)(H,62,73)(H,63,70)(H,64,72)(H,65,76)(H4,52,53,55)/t27-,33+,34-,35+,36+,37-,38+,39+/m0/s1. The number of para-hydroxylation sites is 1. The number of hydrogen-bond acceptors (Lipinski definition) is 14. The molecule has 3 heterocycles. The molecule has 0 bridgehead atoms. The summed E-state index contributed by atoms with van der Waals surface area (Å²) in [6.45, 7) is 4.46. The Kier molecular flexibility index (Phi) is 22.9. The topological polar surface area (TPSA) is 405 Å². The summed E-state index contributed by atoms with van der Waals surface area (Å²) >= 11 is 8.33. The molecule has 26 nitrogen and oxygen atoms in total. The van der Waals surface area contributed by atoms with Crippen molar-refractivity contribution >= 4 is 101 Å². The number of imide groups is 1. The molecule has 1 saturated heterocycles. The van der Waals surface area contributed by atoms with E-state index in [9.17, 15) is 47.9 Å². The predicted octanol–water partition coefficient (Wildman–Crippen LogP) is -2.30. The third kappa shape index (κ3) is 18.0. The van der Waals surface area contributed by atoms with Crippen LogP contribution in [0.15, 0.2) is 78.3 Å². The Morgan fingerprint density at radius 3 is 1.87 bits per heavy atom. The van der Waals surface area contributed by atoms with Crippen LogP contribution < -0.4 is 59.7 Å². The van der Waals surface area contributed by atoms with Gasteiger partial charge in [-0.05, 0) is 49.3 Å². The van der Waals surface area contributed by atoms with Crippen LogP contribution in [0, 0.1) is 5.92 Å². The number of carbonyl (C=O) groups excluding carboxylic acids is 10. The van der Waals surface area contributed by atoms with Crippen molar-refractivity contribution in [2.45, 2.75) is 108 Å². The molecular formula is C50H68N16O10S2. The number of aromatic nitrogens is 3. The van der Waals surface area contributed by atoms with Crippen LogP contribution in [0.2, 0.25) is 0 Å². The smallest absolute Gasteiger partial charge is 0.325 e. The van der Waals surface area contributed by atoms with E-state index in [1.807, 2.05) is 32.0 Å². The number of primary amides is 1. The van der Waals surface area contributed by atoms with Crippen molar-refractivity contribution in [2.75, 3.05) is 24.6 Å². The largest absolute Gasteiger partial charge is 0.370 e. The number of amides is 11. The lowest BCUT2D eigenvalue weighted by Gasteiger charge is -2.27. The van der Waals surface area contributed by atoms with Gasteiger partial charge in [0.2, 0.25) is 47.3 Å². The molecule has 8 atom stereocenters. The second kappa shape index (κ2) is 29.4. The molecule has 4 aromatic rings. The number of imidazole rings is 1. The average molecular weight is 1120 g/mol. The SMILES string of the molecule is CC(C)C[C@@H]1NC(=O)N(CC(=O)N[C@H](CS)C(=O)N[C@@H](C)C(=O)N[C@H](Cc2cnc[nH]2)C(=O)N[C@@H](Cc2ccccc2)C(=O)N[C@H](CCCN=C(N)N)C(=O)N[C@H](Cc2c[nH]c3ccccc23)C(=O)N[C@H](CS)C(N)=O)C1=O. The lowest BCUT2D eigenvalue weighted by atomic mass is 10.0. The Balaban J connectivity index is 1.34. The first kappa shape index (κ1) is 60.7. The number of aliphatic imine (C=N–C) groups is 1. The van der Waals surface area contributed by atoms with Gasteiger partial charge >= 0.3 is 6.03 Å². The Morgan fingerprint density at radius 1 is 0.679 bits per heavy atom. The van der Waals surface area contributed by atoms with E-state index in [0.717, 1.165) is 15.8 Å². The number of aromatic amines is 2. The molecule has 1 aliphatic rings. The number of urea groups is 1. The molecule has 0 radical (unpaired) electrons. The van der Waals surface area contributed by atoms with E-state index in [0.29, 0.717) is 23.2 Å². The fraction of sp³-hybridized carbons (Fsp3) is 0.440. The van der Waals surface area contributed by atoms with Crippen LogP contribution >= 0.6 is 25.3 Å². The second-order valence-electron chi connectivity index (χ2n) is 19.0. The monoisotopic (exact) mass is 1120 g/mol. The van der Waals surface area contributed by atoms with Gasteiger partial charge in [0.25, 0.3) is 5.91 Å². The summed E-state index contributed by atoms with van der Waals surface area (Å²) in [6, 6.07) is 4.98. The maximum atomic E-state index is 14.6. The number of carbonyl (C=O) groups is 10. The van der Waals surface area contributed by atoms with E-state index in [1.54, 1.807) is 42.6 Å². The third-order valence-corrected chi connectivity index (χ3v) is 13.1. The Morgan fingerprint density at radius 2 is 1.26 bits per heavy atom. The molecule has 11 amide bonds. The number of H-pyrrole nitrogens is 2.